The molecule has 0 aliphatic heterocycles. The molecule has 0 unspecified atom stereocenters. The molecule has 21 heavy (non-hydrogen) atoms. The molecule has 0 aliphatic carbocycles. The maximum Gasteiger partial charge on any atom is 0.419 e. The van der Waals surface area contributed by atoms with Crippen LogP contribution in [0.25, 0.3) is 0 Å². The Kier molecular flexibility index (Phi) is 5.00. The highest BCUT2D eigenvalue weighted by molar-refractivity contribution is 7.11. The fraction of sp³-hybridized carbons (Fsp3) is 0.333. The third-order valence-electron chi connectivity index (χ3n) is 3.03. The van der Waals surface area contributed by atoms with Gasteiger partial charge in [-0.2, -0.15) is 13.2 Å². The number of halogens is 4. The second kappa shape index (κ2) is 6.58. The predicted octanol–water partition coefficient (Wildman–Crippen LogP) is 4.76. The molecule has 0 bridgehead atoms. The molecule has 0 amide bonds. The average Bonchev–Trinajstić information content (AvgIpc) is 2.87. The lowest BCUT2D eigenvalue weighted by atomic mass is 10.1. The van der Waals surface area contributed by atoms with Gasteiger partial charge in [0, 0.05) is 22.8 Å². The number of rotatable bonds is 5. The van der Waals surface area contributed by atoms with Gasteiger partial charge in [-0.1, -0.05) is 13.0 Å². The van der Waals surface area contributed by atoms with Crippen LogP contribution in [-0.4, -0.2) is 0 Å². The van der Waals surface area contributed by atoms with Gasteiger partial charge in [-0.25, -0.2) is 4.39 Å². The molecule has 0 fully saturated rings. The highest BCUT2D eigenvalue weighted by atomic mass is 32.1. The number of hydrogen-bond donors (Lipinski definition) is 1. The molecule has 0 spiro atoms. The van der Waals surface area contributed by atoms with Crippen molar-refractivity contribution >= 4 is 11.3 Å². The van der Waals surface area contributed by atoms with Crippen LogP contribution in [0, 0.1) is 5.82 Å². The molecule has 0 atom stereocenters. The van der Waals surface area contributed by atoms with Gasteiger partial charge in [-0.05, 0) is 36.2 Å². The zero-order chi connectivity index (χ0) is 15.5. The van der Waals surface area contributed by atoms with Crippen molar-refractivity contribution in [3.05, 3.63) is 57.0 Å². The summed E-state index contributed by atoms with van der Waals surface area (Å²) in [6, 6.07) is 7.13. The van der Waals surface area contributed by atoms with Gasteiger partial charge in [-0.3, -0.25) is 0 Å². The van der Waals surface area contributed by atoms with Crippen LogP contribution >= 0.6 is 11.3 Å². The highest BCUT2D eigenvalue weighted by Gasteiger charge is 2.34. The van der Waals surface area contributed by atoms with Gasteiger partial charge in [0.1, 0.15) is 5.82 Å². The molecule has 6 heteroatoms. The van der Waals surface area contributed by atoms with Crippen molar-refractivity contribution in [1.82, 2.24) is 5.32 Å². The van der Waals surface area contributed by atoms with Crippen LogP contribution in [0.2, 0.25) is 0 Å². The summed E-state index contributed by atoms with van der Waals surface area (Å²) >= 11 is 1.68. The summed E-state index contributed by atoms with van der Waals surface area (Å²) in [6.07, 6.45) is -3.69. The van der Waals surface area contributed by atoms with Gasteiger partial charge in [0.15, 0.2) is 0 Å². The second-order valence-electron chi connectivity index (χ2n) is 4.64. The van der Waals surface area contributed by atoms with E-state index in [4.69, 9.17) is 0 Å². The average molecular weight is 317 g/mol. The van der Waals surface area contributed by atoms with Crippen LogP contribution in [-0.2, 0) is 25.7 Å². The molecule has 1 N–H and O–H groups in total. The van der Waals surface area contributed by atoms with E-state index in [0.29, 0.717) is 12.1 Å². The predicted molar refractivity (Wildman–Crippen MR) is 75.6 cm³/mol. The minimum Gasteiger partial charge on any atom is -0.308 e. The number of thiophene rings is 1. The summed E-state index contributed by atoms with van der Waals surface area (Å²) in [4.78, 5) is 2.40. The minimum absolute atomic E-state index is 0.267. The SMILES string of the molecule is CCc1ccc(CNCc2ccc(F)c(C(F)(F)F)c2)s1. The first-order valence-electron chi connectivity index (χ1n) is 6.54. The molecule has 1 nitrogen and oxygen atoms in total. The maximum atomic E-state index is 13.2. The van der Waals surface area contributed by atoms with Crippen LogP contribution in [0.3, 0.4) is 0 Å². The first kappa shape index (κ1) is 16.0. The standard InChI is InChI=1S/C15H15F4NS/c1-2-11-4-5-12(21-11)9-20-8-10-3-6-14(16)13(7-10)15(17,18)19/h3-7,20H,2,8-9H2,1H3. The van der Waals surface area contributed by atoms with Crippen LogP contribution < -0.4 is 5.32 Å². The van der Waals surface area contributed by atoms with Gasteiger partial charge in [-0.15, -0.1) is 11.3 Å². The van der Waals surface area contributed by atoms with E-state index in [-0.39, 0.29) is 6.54 Å². The molecule has 0 radical (unpaired) electrons. The van der Waals surface area contributed by atoms with Crippen LogP contribution in [0.15, 0.2) is 30.3 Å². The molecular formula is C15H15F4NS. The summed E-state index contributed by atoms with van der Waals surface area (Å²) in [5.41, 5.74) is -0.804. The van der Waals surface area contributed by atoms with Gasteiger partial charge in [0.25, 0.3) is 0 Å². The molecule has 114 valence electrons. The van der Waals surface area contributed by atoms with Crippen LogP contribution in [0.1, 0.15) is 27.8 Å². The Morgan fingerprint density at radius 2 is 1.76 bits per heavy atom. The second-order valence-corrected chi connectivity index (χ2v) is 5.89. The first-order chi connectivity index (χ1) is 9.90. The van der Waals surface area contributed by atoms with E-state index in [1.807, 2.05) is 12.1 Å². The van der Waals surface area contributed by atoms with Crippen molar-refractivity contribution in [3.63, 3.8) is 0 Å². The Morgan fingerprint density at radius 3 is 2.38 bits per heavy atom. The van der Waals surface area contributed by atoms with E-state index in [1.54, 1.807) is 11.3 Å². The minimum atomic E-state index is -4.66. The summed E-state index contributed by atoms with van der Waals surface area (Å²) < 4.78 is 51.0. The maximum absolute atomic E-state index is 13.2. The van der Waals surface area contributed by atoms with E-state index in [0.717, 1.165) is 23.4 Å². The van der Waals surface area contributed by atoms with Crippen molar-refractivity contribution in [2.45, 2.75) is 32.6 Å². The van der Waals surface area contributed by atoms with Gasteiger partial charge in [0.2, 0.25) is 0 Å². The van der Waals surface area contributed by atoms with Crippen molar-refractivity contribution in [3.8, 4) is 0 Å². The van der Waals surface area contributed by atoms with E-state index in [2.05, 4.69) is 12.2 Å². The number of alkyl halides is 3. The summed E-state index contributed by atoms with van der Waals surface area (Å²) in [5.74, 6) is -1.24. The van der Waals surface area contributed by atoms with E-state index < -0.39 is 17.6 Å². The molecule has 0 saturated heterocycles. The van der Waals surface area contributed by atoms with Crippen LogP contribution in [0.4, 0.5) is 17.6 Å². The lowest BCUT2D eigenvalue weighted by Gasteiger charge is -2.10. The van der Waals surface area contributed by atoms with E-state index >= 15 is 0 Å². The fourth-order valence-corrected chi connectivity index (χ4v) is 2.86. The molecule has 1 aromatic carbocycles. The number of nitrogens with one attached hydrogen (secondary N) is 1. The summed E-state index contributed by atoms with van der Waals surface area (Å²) in [5, 5.41) is 3.07. The fourth-order valence-electron chi connectivity index (χ4n) is 1.94. The third kappa shape index (κ3) is 4.28. The van der Waals surface area contributed by atoms with Gasteiger partial charge >= 0.3 is 6.18 Å². The smallest absolute Gasteiger partial charge is 0.308 e. The van der Waals surface area contributed by atoms with Crippen LogP contribution in [0.5, 0.6) is 0 Å². The zero-order valence-electron chi connectivity index (χ0n) is 11.4. The van der Waals surface area contributed by atoms with Gasteiger partial charge < -0.3 is 5.32 Å². The molecule has 0 saturated carbocycles. The van der Waals surface area contributed by atoms with E-state index in [9.17, 15) is 17.6 Å². The Labute approximate surface area is 124 Å². The van der Waals surface area contributed by atoms with Crippen molar-refractivity contribution in [2.24, 2.45) is 0 Å². The Hall–Kier alpha value is -1.40. The van der Waals surface area contributed by atoms with E-state index in [1.165, 1.54) is 10.9 Å². The van der Waals surface area contributed by atoms with Gasteiger partial charge in [0.05, 0.1) is 5.56 Å². The number of benzene rings is 1. The van der Waals surface area contributed by atoms with Crippen molar-refractivity contribution in [1.29, 1.82) is 0 Å². The molecule has 1 heterocycles. The zero-order valence-corrected chi connectivity index (χ0v) is 12.2. The highest BCUT2D eigenvalue weighted by Crippen LogP contribution is 2.31. The van der Waals surface area contributed by atoms with Crippen molar-refractivity contribution in [2.75, 3.05) is 0 Å². The lowest BCUT2D eigenvalue weighted by Crippen LogP contribution is -2.14. The molecular weight excluding hydrogens is 302 g/mol. The molecule has 2 rings (SSSR count). The Balaban J connectivity index is 1.97. The molecule has 0 aliphatic rings. The summed E-state index contributed by atoms with van der Waals surface area (Å²) in [7, 11) is 0. The topological polar surface area (TPSA) is 12.0 Å². The Morgan fingerprint density at radius 1 is 1.05 bits per heavy atom. The Bertz CT molecular complexity index is 604. The first-order valence-corrected chi connectivity index (χ1v) is 7.35. The lowest BCUT2D eigenvalue weighted by molar-refractivity contribution is -0.140. The number of aryl methyl sites for hydroxylation is 1. The monoisotopic (exact) mass is 317 g/mol. The summed E-state index contributed by atoms with van der Waals surface area (Å²) in [6.45, 7) is 2.92. The quantitative estimate of drug-likeness (QED) is 0.784. The largest absolute Gasteiger partial charge is 0.419 e. The van der Waals surface area contributed by atoms with Crippen molar-refractivity contribution < 1.29 is 17.6 Å². The molecule has 1 aromatic heterocycles. The number of hydrogen-bond acceptors (Lipinski definition) is 2. The normalized spacial score (nSPS) is 11.9. The molecule has 2 aromatic rings. The third-order valence-corrected chi connectivity index (χ3v) is 4.26.